The Hall–Kier alpha value is -0.540. The molecule has 1 aromatic rings. The summed E-state index contributed by atoms with van der Waals surface area (Å²) in [6.45, 7) is 5.61. The Balaban J connectivity index is 2.93. The second kappa shape index (κ2) is 5.87. The number of rotatable bonds is 5. The first-order chi connectivity index (χ1) is 7.89. The Morgan fingerprint density at radius 3 is 2.59 bits per heavy atom. The molecule has 0 spiro atoms. The van der Waals surface area contributed by atoms with E-state index in [1.54, 1.807) is 18.2 Å². The molecule has 3 N–H and O–H groups in total. The van der Waals surface area contributed by atoms with Crippen LogP contribution in [0.5, 0.6) is 0 Å². The monoisotopic (exact) mass is 273 g/mol. The van der Waals surface area contributed by atoms with Crippen LogP contribution in [0.15, 0.2) is 30.9 Å². The molecule has 4 heteroatoms. The van der Waals surface area contributed by atoms with Crippen molar-refractivity contribution in [3.05, 3.63) is 46.5 Å². The summed E-state index contributed by atoms with van der Waals surface area (Å²) in [5, 5.41) is 10.7. The largest absolute Gasteiger partial charge is 0.378 e. The number of allylic oxidation sites excluding steroid dienone is 1. The van der Waals surface area contributed by atoms with Crippen LogP contribution in [0.1, 0.15) is 18.9 Å². The smallest absolute Gasteiger partial charge is 0.108 e. The zero-order valence-corrected chi connectivity index (χ0v) is 11.3. The van der Waals surface area contributed by atoms with E-state index >= 15 is 0 Å². The van der Waals surface area contributed by atoms with Gasteiger partial charge in [-0.15, -0.1) is 6.58 Å². The number of nitrogens with two attached hydrogens (primary N) is 1. The number of aliphatic hydroxyl groups excluding tert-OH is 1. The summed E-state index contributed by atoms with van der Waals surface area (Å²) >= 11 is 11.8. The summed E-state index contributed by atoms with van der Waals surface area (Å²) in [6.07, 6.45) is 2.10. The number of benzene rings is 1. The van der Waals surface area contributed by atoms with Crippen LogP contribution in [0.4, 0.5) is 0 Å². The fraction of sp³-hybridized carbons (Fsp3) is 0.385. The van der Waals surface area contributed by atoms with Crippen LogP contribution in [0, 0.1) is 5.41 Å². The van der Waals surface area contributed by atoms with Crippen LogP contribution in [-0.4, -0.2) is 11.3 Å². The van der Waals surface area contributed by atoms with Crippen LogP contribution >= 0.6 is 23.2 Å². The minimum atomic E-state index is -0.907. The third-order valence-electron chi connectivity index (χ3n) is 2.92. The van der Waals surface area contributed by atoms with Gasteiger partial charge in [0.1, 0.15) is 6.23 Å². The molecule has 0 saturated carbocycles. The quantitative estimate of drug-likeness (QED) is 0.638. The molecule has 1 rings (SSSR count). The lowest BCUT2D eigenvalue weighted by atomic mass is 9.79. The molecule has 0 radical (unpaired) electrons. The summed E-state index contributed by atoms with van der Waals surface area (Å²) in [6, 6.07) is 5.43. The van der Waals surface area contributed by atoms with Gasteiger partial charge in [-0.3, -0.25) is 0 Å². The van der Waals surface area contributed by atoms with Gasteiger partial charge in [0, 0.05) is 5.41 Å². The van der Waals surface area contributed by atoms with E-state index in [2.05, 4.69) is 6.58 Å². The minimum Gasteiger partial charge on any atom is -0.378 e. The van der Waals surface area contributed by atoms with Gasteiger partial charge < -0.3 is 10.8 Å². The van der Waals surface area contributed by atoms with Gasteiger partial charge in [0.05, 0.1) is 10.0 Å². The van der Waals surface area contributed by atoms with E-state index in [-0.39, 0.29) is 0 Å². The van der Waals surface area contributed by atoms with Gasteiger partial charge in [-0.1, -0.05) is 42.3 Å². The summed E-state index contributed by atoms with van der Waals surface area (Å²) < 4.78 is 0. The van der Waals surface area contributed by atoms with Gasteiger partial charge in [-0.25, -0.2) is 0 Å². The highest BCUT2D eigenvalue weighted by molar-refractivity contribution is 6.42. The summed E-state index contributed by atoms with van der Waals surface area (Å²) in [4.78, 5) is 0. The standard InChI is InChI=1S/C13H17Cl2NO/c1-3-6-13(2,12(16)17)8-9-4-5-10(14)11(15)7-9/h3-5,7,12,17H,1,6,8,16H2,2H3. The third kappa shape index (κ3) is 3.71. The van der Waals surface area contributed by atoms with E-state index in [9.17, 15) is 5.11 Å². The summed E-state index contributed by atoms with van der Waals surface area (Å²) in [7, 11) is 0. The van der Waals surface area contributed by atoms with E-state index in [4.69, 9.17) is 28.9 Å². The van der Waals surface area contributed by atoms with Crippen LogP contribution in [0.3, 0.4) is 0 Å². The molecule has 17 heavy (non-hydrogen) atoms. The van der Waals surface area contributed by atoms with E-state index < -0.39 is 11.6 Å². The van der Waals surface area contributed by atoms with Crippen LogP contribution < -0.4 is 5.73 Å². The number of hydrogen-bond acceptors (Lipinski definition) is 2. The van der Waals surface area contributed by atoms with E-state index in [1.807, 2.05) is 13.0 Å². The lowest BCUT2D eigenvalue weighted by Crippen LogP contribution is -2.40. The van der Waals surface area contributed by atoms with Gasteiger partial charge in [-0.05, 0) is 30.5 Å². The Morgan fingerprint density at radius 1 is 1.47 bits per heavy atom. The number of hydrogen-bond donors (Lipinski definition) is 2. The first-order valence-corrected chi connectivity index (χ1v) is 6.13. The predicted octanol–water partition coefficient (Wildman–Crippen LogP) is 3.40. The summed E-state index contributed by atoms with van der Waals surface area (Å²) in [5.41, 5.74) is 6.17. The highest BCUT2D eigenvalue weighted by atomic mass is 35.5. The molecule has 2 nitrogen and oxygen atoms in total. The maximum atomic E-state index is 9.66. The Bertz CT molecular complexity index is 406. The number of aliphatic hydroxyl groups is 1. The van der Waals surface area contributed by atoms with Crippen molar-refractivity contribution in [3.63, 3.8) is 0 Å². The zero-order valence-electron chi connectivity index (χ0n) is 9.79. The average Bonchev–Trinajstić information content (AvgIpc) is 2.23. The fourth-order valence-corrected chi connectivity index (χ4v) is 2.06. The van der Waals surface area contributed by atoms with Gasteiger partial charge in [0.25, 0.3) is 0 Å². The molecule has 2 atom stereocenters. The van der Waals surface area contributed by atoms with Crippen molar-refractivity contribution in [1.82, 2.24) is 0 Å². The average molecular weight is 274 g/mol. The van der Waals surface area contributed by atoms with E-state index in [1.165, 1.54) is 0 Å². The SMILES string of the molecule is C=CCC(C)(Cc1ccc(Cl)c(Cl)c1)C(N)O. The zero-order chi connectivity index (χ0) is 13.1. The maximum absolute atomic E-state index is 9.66. The van der Waals surface area contributed by atoms with Gasteiger partial charge in [0.2, 0.25) is 0 Å². The van der Waals surface area contributed by atoms with E-state index in [0.717, 1.165) is 5.56 Å². The van der Waals surface area contributed by atoms with Crippen molar-refractivity contribution >= 4 is 23.2 Å². The molecule has 2 unspecified atom stereocenters. The molecule has 94 valence electrons. The molecular formula is C13H17Cl2NO. The van der Waals surface area contributed by atoms with Crippen molar-refractivity contribution in [2.75, 3.05) is 0 Å². The molecular weight excluding hydrogens is 257 g/mol. The van der Waals surface area contributed by atoms with Gasteiger partial charge >= 0.3 is 0 Å². The lowest BCUT2D eigenvalue weighted by Gasteiger charge is -2.31. The van der Waals surface area contributed by atoms with Crippen molar-refractivity contribution < 1.29 is 5.11 Å². The molecule has 0 aliphatic carbocycles. The topological polar surface area (TPSA) is 46.2 Å². The van der Waals surface area contributed by atoms with Crippen LogP contribution in [-0.2, 0) is 6.42 Å². The normalized spacial score (nSPS) is 16.3. The van der Waals surface area contributed by atoms with Crippen molar-refractivity contribution in [2.45, 2.75) is 26.0 Å². The molecule has 0 heterocycles. The highest BCUT2D eigenvalue weighted by Gasteiger charge is 2.29. The lowest BCUT2D eigenvalue weighted by molar-refractivity contribution is 0.0444. The van der Waals surface area contributed by atoms with Crippen molar-refractivity contribution in [3.8, 4) is 0 Å². The summed E-state index contributed by atoms with van der Waals surface area (Å²) in [5.74, 6) is 0. The van der Waals surface area contributed by atoms with Gasteiger partial charge in [0.15, 0.2) is 0 Å². The molecule has 0 aliphatic heterocycles. The predicted molar refractivity (Wildman–Crippen MR) is 73.3 cm³/mol. The molecule has 1 aromatic carbocycles. The first kappa shape index (κ1) is 14.5. The maximum Gasteiger partial charge on any atom is 0.108 e. The first-order valence-electron chi connectivity index (χ1n) is 5.37. The Kier molecular flexibility index (Phi) is 5.02. The van der Waals surface area contributed by atoms with Gasteiger partial charge in [-0.2, -0.15) is 0 Å². The van der Waals surface area contributed by atoms with Crippen LogP contribution in [0.25, 0.3) is 0 Å². The molecule has 0 aliphatic rings. The molecule has 0 bridgehead atoms. The van der Waals surface area contributed by atoms with Crippen LogP contribution in [0.2, 0.25) is 10.0 Å². The minimum absolute atomic E-state index is 0.446. The Morgan fingerprint density at radius 2 is 2.12 bits per heavy atom. The van der Waals surface area contributed by atoms with E-state index in [0.29, 0.717) is 22.9 Å². The van der Waals surface area contributed by atoms with Crippen molar-refractivity contribution in [2.24, 2.45) is 11.1 Å². The fourth-order valence-electron chi connectivity index (χ4n) is 1.74. The van der Waals surface area contributed by atoms with Crippen molar-refractivity contribution in [1.29, 1.82) is 0 Å². The second-order valence-corrected chi connectivity index (χ2v) is 5.33. The molecule has 0 saturated heterocycles. The number of halogens is 2. The molecule has 0 amide bonds. The molecule has 0 fully saturated rings. The Labute approximate surface area is 112 Å². The molecule has 0 aromatic heterocycles. The second-order valence-electron chi connectivity index (χ2n) is 4.52. The third-order valence-corrected chi connectivity index (χ3v) is 3.66. The highest BCUT2D eigenvalue weighted by Crippen LogP contribution is 2.31.